The zero-order valence-electron chi connectivity index (χ0n) is 9.80. The molecule has 1 saturated heterocycles. The Morgan fingerprint density at radius 3 is 2.69 bits per heavy atom. The van der Waals surface area contributed by atoms with Crippen molar-refractivity contribution in [2.45, 2.75) is 13.3 Å². The summed E-state index contributed by atoms with van der Waals surface area (Å²) in [7, 11) is 0. The smallest absolute Gasteiger partial charge is 0.0180 e. The molecule has 2 nitrogen and oxygen atoms in total. The molecule has 88 valence electrons. The molecule has 0 amide bonds. The Morgan fingerprint density at radius 1 is 1.25 bits per heavy atom. The lowest BCUT2D eigenvalue weighted by atomic mass is 10.1. The van der Waals surface area contributed by atoms with Gasteiger partial charge in [-0.05, 0) is 36.6 Å². The molecule has 0 atom stereocenters. The average molecular weight is 283 g/mol. The van der Waals surface area contributed by atoms with Crippen LogP contribution in [0, 0.1) is 6.92 Å². The summed E-state index contributed by atoms with van der Waals surface area (Å²) in [5.74, 6) is 0. The third-order valence-electron chi connectivity index (χ3n) is 3.03. The number of nitrogens with zero attached hydrogens (tertiary/aromatic N) is 1. The predicted molar refractivity (Wildman–Crippen MR) is 71.9 cm³/mol. The number of benzene rings is 1. The van der Waals surface area contributed by atoms with Crippen LogP contribution in [0.3, 0.4) is 0 Å². The van der Waals surface area contributed by atoms with E-state index in [2.05, 4.69) is 51.3 Å². The molecule has 0 saturated carbocycles. The second-order valence-corrected chi connectivity index (χ2v) is 5.39. The molecule has 0 radical (unpaired) electrons. The summed E-state index contributed by atoms with van der Waals surface area (Å²) in [6.45, 7) is 7.98. The molecule has 16 heavy (non-hydrogen) atoms. The first-order chi connectivity index (χ1) is 7.74. The Hall–Kier alpha value is -0.380. The van der Waals surface area contributed by atoms with Gasteiger partial charge in [-0.1, -0.05) is 22.0 Å². The Morgan fingerprint density at radius 2 is 2.00 bits per heavy atom. The summed E-state index contributed by atoms with van der Waals surface area (Å²) in [5, 5.41) is 3.38. The Balaban J connectivity index is 1.88. The van der Waals surface area contributed by atoms with Crippen LogP contribution >= 0.6 is 15.9 Å². The van der Waals surface area contributed by atoms with Crippen LogP contribution in [-0.4, -0.2) is 37.6 Å². The van der Waals surface area contributed by atoms with Crippen molar-refractivity contribution in [3.63, 3.8) is 0 Å². The van der Waals surface area contributed by atoms with Crippen molar-refractivity contribution in [1.82, 2.24) is 10.2 Å². The highest BCUT2D eigenvalue weighted by atomic mass is 79.9. The van der Waals surface area contributed by atoms with Crippen molar-refractivity contribution in [2.24, 2.45) is 0 Å². The number of halogens is 1. The Bertz CT molecular complexity index is 326. The lowest BCUT2D eigenvalue weighted by Gasteiger charge is -2.27. The lowest BCUT2D eigenvalue weighted by Crippen LogP contribution is -2.44. The molecule has 0 spiro atoms. The van der Waals surface area contributed by atoms with Gasteiger partial charge in [-0.3, -0.25) is 0 Å². The standard InChI is InChI=1S/C13H19BrN2/c1-11-8-12(10-13(14)9-11)2-5-16-6-3-15-4-7-16/h8-10,15H,2-7H2,1H3. The maximum atomic E-state index is 3.56. The first-order valence-electron chi connectivity index (χ1n) is 5.93. The minimum absolute atomic E-state index is 1.14. The van der Waals surface area contributed by atoms with E-state index in [0.29, 0.717) is 0 Å². The van der Waals surface area contributed by atoms with Gasteiger partial charge in [0.25, 0.3) is 0 Å². The van der Waals surface area contributed by atoms with Gasteiger partial charge in [-0.25, -0.2) is 0 Å². The number of nitrogens with one attached hydrogen (secondary N) is 1. The zero-order valence-corrected chi connectivity index (χ0v) is 11.4. The molecule has 1 aliphatic heterocycles. The molecule has 1 aromatic carbocycles. The second-order valence-electron chi connectivity index (χ2n) is 4.48. The molecule has 1 N–H and O–H groups in total. The molecule has 0 unspecified atom stereocenters. The maximum absolute atomic E-state index is 3.56. The largest absolute Gasteiger partial charge is 0.314 e. The van der Waals surface area contributed by atoms with Gasteiger partial charge in [0.15, 0.2) is 0 Å². The first-order valence-corrected chi connectivity index (χ1v) is 6.72. The molecule has 1 fully saturated rings. The van der Waals surface area contributed by atoms with Crippen molar-refractivity contribution in [3.8, 4) is 0 Å². The van der Waals surface area contributed by atoms with E-state index >= 15 is 0 Å². The van der Waals surface area contributed by atoms with Crippen molar-refractivity contribution in [3.05, 3.63) is 33.8 Å². The highest BCUT2D eigenvalue weighted by Crippen LogP contribution is 2.16. The maximum Gasteiger partial charge on any atom is 0.0180 e. The van der Waals surface area contributed by atoms with Crippen LogP contribution in [0.2, 0.25) is 0 Å². The summed E-state index contributed by atoms with van der Waals surface area (Å²) in [6, 6.07) is 6.68. The van der Waals surface area contributed by atoms with Gasteiger partial charge < -0.3 is 10.2 Å². The summed E-state index contributed by atoms with van der Waals surface area (Å²) >= 11 is 3.56. The quantitative estimate of drug-likeness (QED) is 0.915. The fourth-order valence-electron chi connectivity index (χ4n) is 2.18. The third kappa shape index (κ3) is 3.58. The first kappa shape index (κ1) is 12.1. The molecule has 2 rings (SSSR count). The lowest BCUT2D eigenvalue weighted by molar-refractivity contribution is 0.244. The van der Waals surface area contributed by atoms with Gasteiger partial charge in [0.05, 0.1) is 0 Å². The topological polar surface area (TPSA) is 15.3 Å². The Labute approximate surface area is 106 Å². The number of aryl methyl sites for hydroxylation is 1. The van der Waals surface area contributed by atoms with Crippen molar-refractivity contribution >= 4 is 15.9 Å². The molecule has 0 aliphatic carbocycles. The van der Waals surface area contributed by atoms with E-state index in [1.54, 1.807) is 0 Å². The summed E-state index contributed by atoms with van der Waals surface area (Å²) < 4.78 is 1.20. The number of rotatable bonds is 3. The molecule has 0 aromatic heterocycles. The van der Waals surface area contributed by atoms with Crippen LogP contribution in [-0.2, 0) is 6.42 Å². The van der Waals surface area contributed by atoms with Crippen LogP contribution in [0.15, 0.2) is 22.7 Å². The fourth-order valence-corrected chi connectivity index (χ4v) is 2.83. The van der Waals surface area contributed by atoms with E-state index in [9.17, 15) is 0 Å². The predicted octanol–water partition coefficient (Wildman–Crippen LogP) is 2.21. The molecule has 1 heterocycles. The van der Waals surface area contributed by atoms with E-state index in [1.165, 1.54) is 35.2 Å². The van der Waals surface area contributed by atoms with Crippen LogP contribution in [0.25, 0.3) is 0 Å². The Kier molecular flexibility index (Phi) is 4.38. The number of hydrogen-bond acceptors (Lipinski definition) is 2. The van der Waals surface area contributed by atoms with E-state index in [0.717, 1.165) is 19.5 Å². The van der Waals surface area contributed by atoms with Crippen LogP contribution in [0.1, 0.15) is 11.1 Å². The van der Waals surface area contributed by atoms with Gasteiger partial charge in [0.2, 0.25) is 0 Å². The molecule has 1 aromatic rings. The molecular weight excluding hydrogens is 264 g/mol. The van der Waals surface area contributed by atoms with Gasteiger partial charge >= 0.3 is 0 Å². The minimum atomic E-state index is 1.14. The van der Waals surface area contributed by atoms with Gasteiger partial charge in [0, 0.05) is 37.2 Å². The number of piperazine rings is 1. The van der Waals surface area contributed by atoms with Crippen molar-refractivity contribution < 1.29 is 0 Å². The molecule has 1 aliphatic rings. The molecular formula is C13H19BrN2. The minimum Gasteiger partial charge on any atom is -0.314 e. The SMILES string of the molecule is Cc1cc(Br)cc(CCN2CCNCC2)c1. The van der Waals surface area contributed by atoms with Crippen LogP contribution in [0.4, 0.5) is 0 Å². The van der Waals surface area contributed by atoms with Gasteiger partial charge in [-0.2, -0.15) is 0 Å². The normalized spacial score (nSPS) is 17.6. The van der Waals surface area contributed by atoms with Crippen LogP contribution < -0.4 is 5.32 Å². The summed E-state index contributed by atoms with van der Waals surface area (Å²) in [5.41, 5.74) is 2.77. The van der Waals surface area contributed by atoms with E-state index < -0.39 is 0 Å². The van der Waals surface area contributed by atoms with Gasteiger partial charge in [0.1, 0.15) is 0 Å². The van der Waals surface area contributed by atoms with E-state index in [1.807, 2.05) is 0 Å². The monoisotopic (exact) mass is 282 g/mol. The third-order valence-corrected chi connectivity index (χ3v) is 3.49. The highest BCUT2D eigenvalue weighted by Gasteiger charge is 2.09. The van der Waals surface area contributed by atoms with E-state index in [-0.39, 0.29) is 0 Å². The second kappa shape index (κ2) is 5.80. The van der Waals surface area contributed by atoms with E-state index in [4.69, 9.17) is 0 Å². The van der Waals surface area contributed by atoms with Crippen molar-refractivity contribution in [2.75, 3.05) is 32.7 Å². The summed E-state index contributed by atoms with van der Waals surface area (Å²) in [6.07, 6.45) is 1.15. The van der Waals surface area contributed by atoms with Crippen molar-refractivity contribution in [1.29, 1.82) is 0 Å². The highest BCUT2D eigenvalue weighted by molar-refractivity contribution is 9.10. The molecule has 0 bridgehead atoms. The average Bonchev–Trinajstić information content (AvgIpc) is 2.27. The van der Waals surface area contributed by atoms with Gasteiger partial charge in [-0.15, -0.1) is 0 Å². The summed E-state index contributed by atoms with van der Waals surface area (Å²) in [4.78, 5) is 2.53. The molecule has 3 heteroatoms. The number of hydrogen-bond donors (Lipinski definition) is 1. The fraction of sp³-hybridized carbons (Fsp3) is 0.538. The zero-order chi connectivity index (χ0) is 11.4. The van der Waals surface area contributed by atoms with Crippen LogP contribution in [0.5, 0.6) is 0 Å².